The summed E-state index contributed by atoms with van der Waals surface area (Å²) in [4.78, 5) is 0. The number of fused-ring (bicyclic) bond motifs is 4. The van der Waals surface area contributed by atoms with Gasteiger partial charge >= 0.3 is 0 Å². The summed E-state index contributed by atoms with van der Waals surface area (Å²) in [6.45, 7) is 0. The molecule has 15 rings (SSSR count). The number of rotatable bonds is 4. The van der Waals surface area contributed by atoms with Crippen LogP contribution in [0.5, 0.6) is 0 Å². The Balaban J connectivity index is 1.03. The number of hydrogen-bond acceptors (Lipinski definition) is 0. The van der Waals surface area contributed by atoms with E-state index in [1.807, 2.05) is 97.1 Å². The van der Waals surface area contributed by atoms with E-state index in [0.29, 0.717) is 21.5 Å². The second kappa shape index (κ2) is 14.3. The highest BCUT2D eigenvalue weighted by Gasteiger charge is 2.32. The number of hydrogen-bond donors (Lipinski definition) is 0. The first-order valence-corrected chi connectivity index (χ1v) is 23.5. The zero-order chi connectivity index (χ0) is 46.5. The summed E-state index contributed by atoms with van der Waals surface area (Å²) in [6.07, 6.45) is 0. The molecule has 0 saturated carbocycles. The molecule has 4 heteroatoms. The molecular formula is C66H34F4. The Morgan fingerprint density at radius 2 is 0.443 bits per heavy atom. The molecule has 0 nitrogen and oxygen atoms in total. The van der Waals surface area contributed by atoms with Crippen LogP contribution in [0.4, 0.5) is 17.6 Å². The van der Waals surface area contributed by atoms with Gasteiger partial charge in [-0.15, -0.1) is 0 Å². The van der Waals surface area contributed by atoms with Crippen molar-refractivity contribution in [2.45, 2.75) is 0 Å². The Morgan fingerprint density at radius 3 is 0.771 bits per heavy atom. The van der Waals surface area contributed by atoms with Gasteiger partial charge in [0, 0.05) is 11.1 Å². The van der Waals surface area contributed by atoms with E-state index in [4.69, 9.17) is 0 Å². The van der Waals surface area contributed by atoms with Gasteiger partial charge in [0.15, 0.2) is 17.5 Å². The van der Waals surface area contributed by atoms with Crippen LogP contribution in [0.1, 0.15) is 0 Å². The third kappa shape index (κ3) is 5.14. The highest BCUT2D eigenvalue weighted by atomic mass is 19.2. The third-order valence-corrected chi connectivity index (χ3v) is 15.2. The molecule has 0 aromatic heterocycles. The normalized spacial score (nSPS) is 12.3. The van der Waals surface area contributed by atoms with Crippen LogP contribution in [0.25, 0.3) is 152 Å². The van der Waals surface area contributed by atoms with E-state index in [1.54, 1.807) is 0 Å². The van der Waals surface area contributed by atoms with E-state index in [-0.39, 0.29) is 11.1 Å². The lowest BCUT2D eigenvalue weighted by atomic mass is 9.81. The fourth-order valence-corrected chi connectivity index (χ4v) is 12.4. The lowest BCUT2D eigenvalue weighted by Crippen LogP contribution is -2.05. The van der Waals surface area contributed by atoms with Crippen LogP contribution in [0, 0.1) is 23.3 Å². The van der Waals surface area contributed by atoms with E-state index in [9.17, 15) is 0 Å². The molecule has 15 aromatic rings. The van der Waals surface area contributed by atoms with Crippen molar-refractivity contribution in [2.75, 3.05) is 0 Å². The summed E-state index contributed by atoms with van der Waals surface area (Å²) in [6, 6.07) is 68.4. The lowest BCUT2D eigenvalue weighted by Gasteiger charge is -2.23. The van der Waals surface area contributed by atoms with Crippen molar-refractivity contribution >= 4 is 108 Å². The Bertz CT molecular complexity index is 4310. The van der Waals surface area contributed by atoms with Gasteiger partial charge < -0.3 is 0 Å². The molecule has 0 aliphatic heterocycles. The zero-order valence-electron chi connectivity index (χ0n) is 37.1. The maximum atomic E-state index is 18.5. The Labute approximate surface area is 397 Å². The fraction of sp³-hybridized carbons (Fsp3) is 0. The van der Waals surface area contributed by atoms with Crippen LogP contribution in [0.15, 0.2) is 206 Å². The van der Waals surface area contributed by atoms with Crippen molar-refractivity contribution in [3.63, 3.8) is 0 Å². The van der Waals surface area contributed by atoms with Crippen LogP contribution in [-0.4, -0.2) is 0 Å². The van der Waals surface area contributed by atoms with Crippen molar-refractivity contribution in [2.24, 2.45) is 0 Å². The second-order valence-electron chi connectivity index (χ2n) is 18.6. The predicted molar refractivity (Wildman–Crippen MR) is 285 cm³/mol. The molecule has 70 heavy (non-hydrogen) atoms. The minimum absolute atomic E-state index is 0.154. The lowest BCUT2D eigenvalue weighted by molar-refractivity contribution is 0.440. The zero-order valence-corrected chi connectivity index (χ0v) is 37.1. The summed E-state index contributed by atoms with van der Waals surface area (Å²) in [7, 11) is 0. The Morgan fingerprint density at radius 1 is 0.171 bits per heavy atom. The average Bonchev–Trinajstić information content (AvgIpc) is 3.41. The average molecular weight is 903 g/mol. The number of benzene rings is 15. The fourth-order valence-electron chi connectivity index (χ4n) is 12.4. The van der Waals surface area contributed by atoms with Crippen molar-refractivity contribution in [1.29, 1.82) is 0 Å². The minimum Gasteiger partial charge on any atom is -0.205 e. The highest BCUT2D eigenvalue weighted by Crippen LogP contribution is 2.53. The second-order valence-corrected chi connectivity index (χ2v) is 18.6. The molecule has 0 radical (unpaired) electrons. The molecule has 0 heterocycles. The van der Waals surface area contributed by atoms with Gasteiger partial charge in [0.25, 0.3) is 0 Å². The summed E-state index contributed by atoms with van der Waals surface area (Å²) < 4.78 is 69.9. The molecule has 0 amide bonds. The molecule has 0 unspecified atom stereocenters. The van der Waals surface area contributed by atoms with Gasteiger partial charge in [-0.05, 0) is 130 Å². The molecule has 0 aliphatic rings. The molecule has 0 N–H and O–H groups in total. The van der Waals surface area contributed by atoms with Crippen molar-refractivity contribution < 1.29 is 17.6 Å². The van der Waals surface area contributed by atoms with Gasteiger partial charge in [-0.3, -0.25) is 0 Å². The standard InChI is InChI=1S/C66H34F4/c67-63-61(59-45-19-5-1-15-41(45)57(42-16-2-6-20-46(42)59)51-33-29-39-25-23-35-11-9-13-37-27-31-49(51)55(39)53(35)37)64(68)66(70)65(69)62(63)60-47-21-7-3-17-43(47)58(44-18-4-8-22-48(44)60)52-34-30-40-26-24-36-12-10-14-38-28-32-50(52)56(40)54(36)38/h1-34H. The van der Waals surface area contributed by atoms with Crippen LogP contribution in [0.3, 0.4) is 0 Å². The van der Waals surface area contributed by atoms with Gasteiger partial charge in [-0.1, -0.05) is 206 Å². The smallest absolute Gasteiger partial charge is 0.195 e. The van der Waals surface area contributed by atoms with Crippen LogP contribution in [0.2, 0.25) is 0 Å². The van der Waals surface area contributed by atoms with Crippen molar-refractivity contribution in [3.8, 4) is 44.5 Å². The highest BCUT2D eigenvalue weighted by molar-refractivity contribution is 6.32. The predicted octanol–water partition coefficient (Wildman–Crippen LogP) is 19.3. The molecule has 326 valence electrons. The molecular weight excluding hydrogens is 869 g/mol. The van der Waals surface area contributed by atoms with E-state index in [0.717, 1.165) is 97.7 Å². The minimum atomic E-state index is -1.74. The molecule has 0 atom stereocenters. The van der Waals surface area contributed by atoms with Gasteiger partial charge in [-0.2, -0.15) is 0 Å². The van der Waals surface area contributed by atoms with Crippen LogP contribution in [-0.2, 0) is 0 Å². The topological polar surface area (TPSA) is 0 Å². The molecule has 0 aliphatic carbocycles. The largest absolute Gasteiger partial charge is 0.205 e. The van der Waals surface area contributed by atoms with E-state index >= 15 is 17.6 Å². The first kappa shape index (κ1) is 39.2. The van der Waals surface area contributed by atoms with Crippen LogP contribution < -0.4 is 0 Å². The Kier molecular flexibility index (Phi) is 8.02. The molecule has 15 aromatic carbocycles. The van der Waals surface area contributed by atoms with Crippen LogP contribution >= 0.6 is 0 Å². The third-order valence-electron chi connectivity index (χ3n) is 15.2. The quantitative estimate of drug-likeness (QED) is 0.0543. The first-order valence-electron chi connectivity index (χ1n) is 23.5. The van der Waals surface area contributed by atoms with Gasteiger partial charge in [0.1, 0.15) is 5.82 Å². The summed E-state index contributed by atoms with van der Waals surface area (Å²) in [5.74, 6) is -6.07. The summed E-state index contributed by atoms with van der Waals surface area (Å²) in [5, 5.41) is 18.4. The molecule has 0 saturated heterocycles. The van der Waals surface area contributed by atoms with Gasteiger partial charge in [0.2, 0.25) is 0 Å². The van der Waals surface area contributed by atoms with E-state index in [2.05, 4.69) is 109 Å². The monoisotopic (exact) mass is 902 g/mol. The van der Waals surface area contributed by atoms with E-state index < -0.39 is 34.4 Å². The van der Waals surface area contributed by atoms with Gasteiger partial charge in [-0.25, -0.2) is 17.6 Å². The SMILES string of the molecule is Fc1c(F)c(-c2c3ccccc3c(-c3ccc4ccc5cccc6ccc3c4c56)c3ccccc23)c(F)c(-c2c3ccccc3c(-c3ccc4ccc5cccc6ccc3c4c56)c3ccccc23)c1F. The van der Waals surface area contributed by atoms with Crippen molar-refractivity contribution in [3.05, 3.63) is 230 Å². The Hall–Kier alpha value is -8.86. The van der Waals surface area contributed by atoms with E-state index in [1.165, 1.54) is 10.8 Å². The maximum Gasteiger partial charge on any atom is 0.195 e. The maximum absolute atomic E-state index is 18.5. The van der Waals surface area contributed by atoms with Gasteiger partial charge in [0.05, 0.1) is 11.1 Å². The molecule has 0 spiro atoms. The molecule has 0 bridgehead atoms. The first-order chi connectivity index (χ1) is 34.4. The summed E-state index contributed by atoms with van der Waals surface area (Å²) >= 11 is 0. The number of halogens is 4. The molecule has 0 fully saturated rings. The summed E-state index contributed by atoms with van der Waals surface area (Å²) in [5.41, 5.74) is 2.76. The van der Waals surface area contributed by atoms with Crippen molar-refractivity contribution in [1.82, 2.24) is 0 Å².